The Balaban J connectivity index is 0.885. The Morgan fingerprint density at radius 3 is 1.40 bits per heavy atom. The third-order valence-electron chi connectivity index (χ3n) is 7.31. The molecule has 4 aromatic carbocycles. The zero-order valence-corrected chi connectivity index (χ0v) is 23.0. The van der Waals surface area contributed by atoms with Gasteiger partial charge in [-0.15, -0.1) is 0 Å². The molecule has 0 aliphatic carbocycles. The topological polar surface area (TPSA) is 62.0 Å². The van der Waals surface area contributed by atoms with Gasteiger partial charge in [-0.05, 0) is 82.6 Å². The zero-order chi connectivity index (χ0) is 27.0. The van der Waals surface area contributed by atoms with E-state index in [0.29, 0.717) is 38.6 Å². The molecule has 0 bridgehead atoms. The van der Waals surface area contributed by atoms with Crippen molar-refractivity contribution in [2.45, 2.75) is 37.9 Å². The monoisotopic (exact) mass is 542 g/mol. The fraction of sp³-hybridized carbons (Fsp3) is 0.412. The van der Waals surface area contributed by atoms with Crippen molar-refractivity contribution in [3.05, 3.63) is 83.9 Å². The summed E-state index contributed by atoms with van der Waals surface area (Å²) in [6.07, 6.45) is 4.35. The summed E-state index contributed by atoms with van der Waals surface area (Å²) in [5, 5.41) is 4.84. The molecule has 40 heavy (non-hydrogen) atoms. The van der Waals surface area contributed by atoms with Crippen molar-refractivity contribution in [1.82, 2.24) is 0 Å². The van der Waals surface area contributed by atoms with Gasteiger partial charge in [-0.3, -0.25) is 0 Å². The average Bonchev–Trinajstić information content (AvgIpc) is 3.91. The van der Waals surface area contributed by atoms with Gasteiger partial charge >= 0.3 is 0 Å². The molecule has 6 heteroatoms. The molecule has 0 spiro atoms. The van der Waals surface area contributed by atoms with Gasteiger partial charge < -0.3 is 28.4 Å². The summed E-state index contributed by atoms with van der Waals surface area (Å²) in [5.74, 6) is 1.82. The van der Waals surface area contributed by atoms with Crippen LogP contribution in [0.1, 0.15) is 24.0 Å². The molecular formula is C34H38O6. The zero-order valence-electron chi connectivity index (χ0n) is 23.0. The average molecular weight is 543 g/mol. The smallest absolute Gasteiger partial charge is 0.119 e. The molecule has 2 fully saturated rings. The summed E-state index contributed by atoms with van der Waals surface area (Å²) in [6.45, 7) is 5.90. The predicted molar refractivity (Wildman–Crippen MR) is 157 cm³/mol. The molecule has 6 nitrogen and oxygen atoms in total. The molecule has 4 aromatic rings. The van der Waals surface area contributed by atoms with Gasteiger partial charge in [0.25, 0.3) is 0 Å². The van der Waals surface area contributed by atoms with E-state index in [9.17, 15) is 0 Å². The first-order valence-electron chi connectivity index (χ1n) is 14.5. The molecule has 2 heterocycles. The van der Waals surface area contributed by atoms with Crippen LogP contribution in [0.25, 0.3) is 21.5 Å². The maximum atomic E-state index is 6.02. The minimum Gasteiger partial charge on any atom is -0.494 e. The lowest BCUT2D eigenvalue weighted by atomic mass is 10.1. The first kappa shape index (κ1) is 27.0. The number of unbranched alkanes of at least 4 members (excludes halogenated alkanes) is 1. The molecule has 2 aliphatic rings. The quantitative estimate of drug-likeness (QED) is 0.118. The van der Waals surface area contributed by atoms with Crippen LogP contribution in [-0.4, -0.2) is 65.1 Å². The standard InChI is InChI=1S/C34H38O6/c1(13-37-31-9-7-27-17-25(3-5-29(27)19-31)11-15-35-21-33-23-39-33)2-14-38-32-10-8-28-18-26(4-6-30(28)20-32)12-16-36-22-34-24-40-34/h3-10,17-20,33-34H,1-2,11-16,21-24H2. The van der Waals surface area contributed by atoms with Crippen LogP contribution >= 0.6 is 0 Å². The number of hydrogen-bond donors (Lipinski definition) is 0. The number of fused-ring (bicyclic) bond motifs is 2. The van der Waals surface area contributed by atoms with Gasteiger partial charge in [0, 0.05) is 0 Å². The minimum atomic E-state index is 0.325. The summed E-state index contributed by atoms with van der Waals surface area (Å²) < 4.78 is 33.7. The fourth-order valence-electron chi connectivity index (χ4n) is 4.76. The second-order valence-corrected chi connectivity index (χ2v) is 10.7. The normalized spacial score (nSPS) is 17.8. The van der Waals surface area contributed by atoms with Crippen LogP contribution in [0.15, 0.2) is 72.8 Å². The molecule has 0 amide bonds. The third-order valence-corrected chi connectivity index (χ3v) is 7.31. The van der Waals surface area contributed by atoms with Crippen LogP contribution in [0.3, 0.4) is 0 Å². The Morgan fingerprint density at radius 1 is 0.525 bits per heavy atom. The van der Waals surface area contributed by atoms with Gasteiger partial charge in [-0.25, -0.2) is 0 Å². The molecular weight excluding hydrogens is 504 g/mol. The van der Waals surface area contributed by atoms with Crippen molar-refractivity contribution < 1.29 is 28.4 Å². The Kier molecular flexibility index (Phi) is 9.10. The lowest BCUT2D eigenvalue weighted by molar-refractivity contribution is 0.119. The summed E-state index contributed by atoms with van der Waals surface area (Å²) in [4.78, 5) is 0. The Morgan fingerprint density at radius 2 is 0.950 bits per heavy atom. The van der Waals surface area contributed by atoms with Gasteiger partial charge in [0.05, 0.1) is 52.9 Å². The second-order valence-electron chi connectivity index (χ2n) is 10.7. The number of hydrogen-bond acceptors (Lipinski definition) is 6. The summed E-state index contributed by atoms with van der Waals surface area (Å²) in [6, 6.07) is 25.8. The summed E-state index contributed by atoms with van der Waals surface area (Å²) in [7, 11) is 0. The van der Waals surface area contributed by atoms with Crippen molar-refractivity contribution in [2.75, 3.05) is 52.9 Å². The molecule has 0 aromatic heterocycles. The molecule has 2 aliphatic heterocycles. The highest BCUT2D eigenvalue weighted by Gasteiger charge is 2.22. The third kappa shape index (κ3) is 8.18. The number of epoxide rings is 2. The number of ether oxygens (including phenoxy) is 6. The van der Waals surface area contributed by atoms with Crippen LogP contribution in [0, 0.1) is 0 Å². The Labute approximate surface area is 236 Å². The van der Waals surface area contributed by atoms with E-state index in [1.54, 1.807) is 0 Å². The number of rotatable bonds is 17. The fourth-order valence-corrected chi connectivity index (χ4v) is 4.76. The Bertz CT molecular complexity index is 1290. The van der Waals surface area contributed by atoms with E-state index in [1.807, 2.05) is 0 Å². The van der Waals surface area contributed by atoms with E-state index in [4.69, 9.17) is 28.4 Å². The molecule has 0 radical (unpaired) electrons. The summed E-state index contributed by atoms with van der Waals surface area (Å²) >= 11 is 0. The van der Waals surface area contributed by atoms with Gasteiger partial charge in [0.2, 0.25) is 0 Å². The van der Waals surface area contributed by atoms with Gasteiger partial charge in [-0.2, -0.15) is 0 Å². The molecule has 6 rings (SSSR count). The molecule has 210 valence electrons. The molecule has 0 saturated carbocycles. The lowest BCUT2D eigenvalue weighted by Crippen LogP contribution is -2.04. The minimum absolute atomic E-state index is 0.325. The van der Waals surface area contributed by atoms with Crippen LogP contribution in [0.2, 0.25) is 0 Å². The van der Waals surface area contributed by atoms with Crippen LogP contribution < -0.4 is 9.47 Å². The van der Waals surface area contributed by atoms with Gasteiger partial charge in [-0.1, -0.05) is 48.5 Å². The van der Waals surface area contributed by atoms with Crippen LogP contribution in [0.4, 0.5) is 0 Å². The number of benzene rings is 4. The maximum Gasteiger partial charge on any atom is 0.119 e. The second kappa shape index (κ2) is 13.5. The highest BCUT2D eigenvalue weighted by molar-refractivity contribution is 5.85. The molecule has 0 N–H and O–H groups in total. The van der Waals surface area contributed by atoms with E-state index in [1.165, 1.54) is 32.7 Å². The van der Waals surface area contributed by atoms with Gasteiger partial charge in [0.15, 0.2) is 0 Å². The van der Waals surface area contributed by atoms with Crippen molar-refractivity contribution >= 4 is 21.5 Å². The first-order valence-corrected chi connectivity index (χ1v) is 14.5. The largest absolute Gasteiger partial charge is 0.494 e. The van der Waals surface area contributed by atoms with E-state index < -0.39 is 0 Å². The Hall–Kier alpha value is -3.16. The van der Waals surface area contributed by atoms with E-state index in [2.05, 4.69) is 72.8 Å². The van der Waals surface area contributed by atoms with Crippen LogP contribution in [0.5, 0.6) is 11.5 Å². The lowest BCUT2D eigenvalue weighted by Gasteiger charge is -2.10. The molecule has 2 unspecified atom stereocenters. The van der Waals surface area contributed by atoms with E-state index >= 15 is 0 Å². The molecule has 2 saturated heterocycles. The van der Waals surface area contributed by atoms with Crippen LogP contribution in [-0.2, 0) is 31.8 Å². The van der Waals surface area contributed by atoms with E-state index in [-0.39, 0.29) is 0 Å². The van der Waals surface area contributed by atoms with Crippen molar-refractivity contribution in [1.29, 1.82) is 0 Å². The summed E-state index contributed by atoms with van der Waals surface area (Å²) in [5.41, 5.74) is 2.57. The van der Waals surface area contributed by atoms with E-state index in [0.717, 1.165) is 63.6 Å². The maximum absolute atomic E-state index is 6.02. The van der Waals surface area contributed by atoms with Gasteiger partial charge in [0.1, 0.15) is 23.7 Å². The van der Waals surface area contributed by atoms with Crippen molar-refractivity contribution in [2.24, 2.45) is 0 Å². The molecule has 2 atom stereocenters. The highest BCUT2D eigenvalue weighted by Crippen LogP contribution is 2.24. The predicted octanol–water partition coefficient (Wildman–Crippen LogP) is 6.15. The highest BCUT2D eigenvalue weighted by atomic mass is 16.6. The first-order chi connectivity index (χ1) is 19.8. The SMILES string of the molecule is c1cc2cc(OCCCCOc3ccc4cc(CCOCC5CO5)ccc4c3)ccc2cc1CCOCC1CO1. The van der Waals surface area contributed by atoms with Crippen molar-refractivity contribution in [3.8, 4) is 11.5 Å². The van der Waals surface area contributed by atoms with Crippen molar-refractivity contribution in [3.63, 3.8) is 0 Å².